The van der Waals surface area contributed by atoms with Gasteiger partial charge in [-0.1, -0.05) is 35.9 Å². The molecule has 1 saturated heterocycles. The Hall–Kier alpha value is -2.83. The number of nitrogens with one attached hydrogen (secondary N) is 1. The maximum absolute atomic E-state index is 12.2. The van der Waals surface area contributed by atoms with E-state index in [0.29, 0.717) is 22.9 Å². The van der Waals surface area contributed by atoms with Crippen LogP contribution in [0, 0.1) is 0 Å². The van der Waals surface area contributed by atoms with Crippen molar-refractivity contribution in [2.75, 3.05) is 11.9 Å². The van der Waals surface area contributed by atoms with Crippen LogP contribution in [-0.2, 0) is 4.74 Å². The van der Waals surface area contributed by atoms with Crippen LogP contribution in [0.2, 0.25) is 5.02 Å². The average molecular weight is 401 g/mol. The summed E-state index contributed by atoms with van der Waals surface area (Å²) >= 11 is 5.83. The lowest BCUT2D eigenvalue weighted by atomic mass is 10.1. The minimum Gasteiger partial charge on any atom is -0.465 e. The van der Waals surface area contributed by atoms with Crippen LogP contribution in [0.5, 0.6) is 0 Å². The van der Waals surface area contributed by atoms with Crippen LogP contribution >= 0.6 is 11.6 Å². The second-order valence-corrected chi connectivity index (χ2v) is 7.36. The number of ether oxygens (including phenoxy) is 1. The van der Waals surface area contributed by atoms with Crippen molar-refractivity contribution in [2.45, 2.75) is 25.6 Å². The predicted molar refractivity (Wildman–Crippen MR) is 109 cm³/mol. The van der Waals surface area contributed by atoms with E-state index in [9.17, 15) is 14.7 Å². The molecule has 1 aliphatic heterocycles. The highest BCUT2D eigenvalue weighted by Crippen LogP contribution is 2.28. The molecule has 0 bridgehead atoms. The molecule has 0 aromatic heterocycles. The molecule has 0 saturated carbocycles. The number of rotatable bonds is 4. The first-order chi connectivity index (χ1) is 13.3. The highest BCUT2D eigenvalue weighted by Gasteiger charge is 2.42. The van der Waals surface area contributed by atoms with Crippen LogP contribution in [-0.4, -0.2) is 40.4 Å². The van der Waals surface area contributed by atoms with Crippen LogP contribution in [0.1, 0.15) is 29.8 Å². The van der Waals surface area contributed by atoms with Gasteiger partial charge >= 0.3 is 6.09 Å². The molecule has 3 rings (SSSR count). The van der Waals surface area contributed by atoms with Gasteiger partial charge in [0.2, 0.25) is 0 Å². The van der Waals surface area contributed by atoms with Crippen molar-refractivity contribution in [1.82, 2.24) is 4.90 Å². The zero-order valence-corrected chi connectivity index (χ0v) is 16.3. The number of carbonyl (C=O) groups is 2. The van der Waals surface area contributed by atoms with E-state index in [0.717, 1.165) is 5.56 Å². The molecule has 2 aromatic rings. The van der Waals surface area contributed by atoms with Gasteiger partial charge in [0.05, 0.1) is 12.6 Å². The van der Waals surface area contributed by atoms with Gasteiger partial charge in [-0.3, -0.25) is 9.69 Å². The largest absolute Gasteiger partial charge is 0.465 e. The van der Waals surface area contributed by atoms with E-state index in [1.807, 2.05) is 24.3 Å². The highest BCUT2D eigenvalue weighted by atomic mass is 35.5. The molecular weight excluding hydrogens is 380 g/mol. The normalized spacial score (nSPS) is 18.4. The first-order valence-corrected chi connectivity index (χ1v) is 9.15. The maximum Gasteiger partial charge on any atom is 0.410 e. The minimum absolute atomic E-state index is 0.220. The third-order valence-electron chi connectivity index (χ3n) is 4.51. The molecule has 1 atom stereocenters. The fourth-order valence-corrected chi connectivity index (χ4v) is 3.18. The fraction of sp³-hybridized carbons (Fsp3) is 0.238. The first kappa shape index (κ1) is 19.9. The summed E-state index contributed by atoms with van der Waals surface area (Å²) < 4.78 is 5.57. The summed E-state index contributed by atoms with van der Waals surface area (Å²) in [5.74, 6) is -0.220. The summed E-state index contributed by atoms with van der Waals surface area (Å²) in [6, 6.07) is 13.6. The first-order valence-electron chi connectivity index (χ1n) is 8.78. The summed E-state index contributed by atoms with van der Waals surface area (Å²) in [5.41, 5.74) is 1.22. The van der Waals surface area contributed by atoms with E-state index in [1.165, 1.54) is 4.90 Å². The lowest BCUT2D eigenvalue weighted by molar-refractivity contribution is -0.0409. The van der Waals surface area contributed by atoms with Crippen molar-refractivity contribution in [3.8, 4) is 0 Å². The highest BCUT2D eigenvalue weighted by molar-refractivity contribution is 6.30. The number of benzene rings is 2. The lowest BCUT2D eigenvalue weighted by Crippen LogP contribution is -2.46. The number of hydrogen-bond acceptors (Lipinski definition) is 3. The van der Waals surface area contributed by atoms with Gasteiger partial charge in [0, 0.05) is 16.3 Å². The molecular formula is C21H21ClN2O4. The van der Waals surface area contributed by atoms with Gasteiger partial charge in [0.25, 0.3) is 5.91 Å². The Morgan fingerprint density at radius 2 is 1.82 bits per heavy atom. The summed E-state index contributed by atoms with van der Waals surface area (Å²) in [4.78, 5) is 25.0. The van der Waals surface area contributed by atoms with E-state index in [4.69, 9.17) is 16.3 Å². The average Bonchev–Trinajstić information content (AvgIpc) is 2.96. The summed E-state index contributed by atoms with van der Waals surface area (Å²) in [6.45, 7) is 3.77. The SMILES string of the molecule is CC1(C)OC[C@H](C=Cc2ccc(NC(=O)c3ccc(Cl)cc3)cc2)N1C(=O)O. The second-order valence-electron chi connectivity index (χ2n) is 6.92. The molecule has 2 aromatic carbocycles. The summed E-state index contributed by atoms with van der Waals surface area (Å²) in [5, 5.41) is 12.8. The fourth-order valence-electron chi connectivity index (χ4n) is 3.05. The molecule has 2 N–H and O–H groups in total. The molecule has 1 aliphatic rings. The molecule has 1 heterocycles. The minimum atomic E-state index is -1.02. The number of nitrogens with zero attached hydrogens (tertiary/aromatic N) is 1. The summed E-state index contributed by atoms with van der Waals surface area (Å²) in [7, 11) is 0. The summed E-state index contributed by atoms with van der Waals surface area (Å²) in [6.07, 6.45) is 2.64. The second kappa shape index (κ2) is 8.04. The van der Waals surface area contributed by atoms with Crippen molar-refractivity contribution >= 4 is 35.4 Å². The Bertz CT molecular complexity index is 892. The Morgan fingerprint density at radius 1 is 1.18 bits per heavy atom. The number of amides is 2. The van der Waals surface area contributed by atoms with Crippen LogP contribution in [0.3, 0.4) is 0 Å². The Balaban J connectivity index is 1.64. The molecule has 0 spiro atoms. The molecule has 0 radical (unpaired) electrons. The van der Waals surface area contributed by atoms with Crippen molar-refractivity contribution in [1.29, 1.82) is 0 Å². The smallest absolute Gasteiger partial charge is 0.410 e. The van der Waals surface area contributed by atoms with Crippen molar-refractivity contribution in [2.24, 2.45) is 0 Å². The van der Waals surface area contributed by atoms with Gasteiger partial charge < -0.3 is 15.2 Å². The number of halogens is 1. The van der Waals surface area contributed by atoms with Gasteiger partial charge in [-0.15, -0.1) is 0 Å². The third-order valence-corrected chi connectivity index (χ3v) is 4.76. The molecule has 6 nitrogen and oxygen atoms in total. The Kier molecular flexibility index (Phi) is 5.72. The van der Waals surface area contributed by atoms with E-state index in [1.54, 1.807) is 50.2 Å². The number of carbonyl (C=O) groups excluding carboxylic acids is 1. The topological polar surface area (TPSA) is 78.9 Å². The van der Waals surface area contributed by atoms with Crippen LogP contribution in [0.4, 0.5) is 10.5 Å². The third kappa shape index (κ3) is 4.52. The van der Waals surface area contributed by atoms with Crippen LogP contribution in [0.15, 0.2) is 54.6 Å². The van der Waals surface area contributed by atoms with E-state index >= 15 is 0 Å². The molecule has 2 amide bonds. The Morgan fingerprint density at radius 3 is 2.43 bits per heavy atom. The van der Waals surface area contributed by atoms with Gasteiger partial charge in [0.15, 0.2) is 0 Å². The van der Waals surface area contributed by atoms with Gasteiger partial charge in [-0.05, 0) is 55.8 Å². The van der Waals surface area contributed by atoms with Crippen molar-refractivity contribution < 1.29 is 19.4 Å². The Labute approximate surface area is 168 Å². The van der Waals surface area contributed by atoms with Crippen molar-refractivity contribution in [3.05, 3.63) is 70.8 Å². The standard InChI is InChI=1S/C21H21ClN2O4/c1-21(2)24(20(26)27)18(13-28-21)12-5-14-3-10-17(11-4-14)23-19(25)15-6-8-16(22)9-7-15/h3-12,18H,13H2,1-2H3,(H,23,25)(H,26,27)/t18-/m0/s1. The van der Waals surface area contributed by atoms with Crippen LogP contribution in [0.25, 0.3) is 6.08 Å². The molecule has 0 aliphatic carbocycles. The maximum atomic E-state index is 12.2. The number of anilines is 1. The van der Waals surface area contributed by atoms with Crippen LogP contribution < -0.4 is 5.32 Å². The zero-order chi connectivity index (χ0) is 20.3. The van der Waals surface area contributed by atoms with Gasteiger partial charge in [-0.2, -0.15) is 0 Å². The van der Waals surface area contributed by atoms with Crippen molar-refractivity contribution in [3.63, 3.8) is 0 Å². The molecule has 28 heavy (non-hydrogen) atoms. The quantitative estimate of drug-likeness (QED) is 0.778. The number of carboxylic acid groups (broad SMARTS) is 1. The van der Waals surface area contributed by atoms with E-state index in [2.05, 4.69) is 5.32 Å². The van der Waals surface area contributed by atoms with E-state index in [-0.39, 0.29) is 11.9 Å². The zero-order valence-electron chi connectivity index (χ0n) is 15.6. The molecule has 0 unspecified atom stereocenters. The monoisotopic (exact) mass is 400 g/mol. The van der Waals surface area contributed by atoms with E-state index < -0.39 is 11.8 Å². The predicted octanol–water partition coefficient (Wildman–Crippen LogP) is 4.72. The number of hydrogen-bond donors (Lipinski definition) is 2. The molecule has 7 heteroatoms. The van der Waals surface area contributed by atoms with Gasteiger partial charge in [0.1, 0.15) is 5.72 Å². The molecule has 1 fully saturated rings. The van der Waals surface area contributed by atoms with Gasteiger partial charge in [-0.25, -0.2) is 4.79 Å². The lowest BCUT2D eigenvalue weighted by Gasteiger charge is -2.29. The molecule has 146 valence electrons.